The molecule has 4 N–H and O–H groups in total. The van der Waals surface area contributed by atoms with Crippen LogP contribution in [0.1, 0.15) is 60.0 Å². The predicted molar refractivity (Wildman–Crippen MR) is 145 cm³/mol. The van der Waals surface area contributed by atoms with Crippen molar-refractivity contribution in [3.63, 3.8) is 0 Å². The maximum Gasteiger partial charge on any atom is 0.235 e. The normalized spacial score (nSPS) is 32.7. The van der Waals surface area contributed by atoms with E-state index in [1.807, 2.05) is 7.05 Å². The minimum atomic E-state index is -2.74. The van der Waals surface area contributed by atoms with Crippen LogP contribution in [0, 0.1) is 23.7 Å². The van der Waals surface area contributed by atoms with Crippen LogP contribution >= 0.6 is 11.6 Å². The summed E-state index contributed by atoms with van der Waals surface area (Å²) < 4.78 is 0. The smallest absolute Gasteiger partial charge is 0.235 e. The van der Waals surface area contributed by atoms with E-state index in [0.29, 0.717) is 28.7 Å². The number of primary amides is 1. The molecule has 10 nitrogen and oxygen atoms in total. The summed E-state index contributed by atoms with van der Waals surface area (Å²) in [6.07, 6.45) is 5.86. The molecule has 6 atom stereocenters. The van der Waals surface area contributed by atoms with E-state index < -0.39 is 64.4 Å². The van der Waals surface area contributed by atoms with Gasteiger partial charge in [-0.05, 0) is 69.9 Å². The number of rotatable bonds is 5. The van der Waals surface area contributed by atoms with E-state index in [1.54, 1.807) is 14.1 Å². The van der Waals surface area contributed by atoms with Gasteiger partial charge < -0.3 is 15.9 Å². The maximum absolute atomic E-state index is 13.9. The highest BCUT2D eigenvalue weighted by Gasteiger charge is 2.69. The van der Waals surface area contributed by atoms with Gasteiger partial charge in [-0.2, -0.15) is 0 Å². The molecule has 0 radical (unpaired) electrons. The third-order valence-electron chi connectivity index (χ3n) is 9.69. The number of aliphatic hydroxyl groups is 1. The Morgan fingerprint density at radius 2 is 1.75 bits per heavy atom. The van der Waals surface area contributed by atoms with Crippen LogP contribution in [0.4, 0.5) is 0 Å². The molecule has 5 rings (SSSR count). The lowest BCUT2D eigenvalue weighted by molar-refractivity contribution is -0.181. The van der Waals surface area contributed by atoms with Crippen LogP contribution in [-0.2, 0) is 32.1 Å². The average molecular weight is 574 g/mol. The van der Waals surface area contributed by atoms with Crippen LogP contribution in [0.25, 0.3) is 0 Å². The summed E-state index contributed by atoms with van der Waals surface area (Å²) in [6.45, 7) is 0.480. The monoisotopic (exact) mass is 573 g/mol. The molecular formula is C29H36ClN3O7. The van der Waals surface area contributed by atoms with Crippen LogP contribution in [0.2, 0.25) is 5.02 Å². The Labute approximate surface area is 237 Å². The van der Waals surface area contributed by atoms with Crippen molar-refractivity contribution in [2.24, 2.45) is 29.4 Å². The van der Waals surface area contributed by atoms with Crippen LogP contribution in [0.15, 0.2) is 6.07 Å². The van der Waals surface area contributed by atoms with E-state index in [-0.39, 0.29) is 24.2 Å². The molecule has 0 bridgehead atoms. The molecule has 216 valence electrons. The fourth-order valence-electron chi connectivity index (χ4n) is 7.74. The molecule has 3 fully saturated rings. The van der Waals surface area contributed by atoms with Crippen molar-refractivity contribution < 1.29 is 34.2 Å². The van der Waals surface area contributed by atoms with Gasteiger partial charge in [0.05, 0.1) is 17.5 Å². The number of hydrogen-bond acceptors (Lipinski definition) is 9. The Balaban J connectivity index is 1.53. The number of phenols is 1. The van der Waals surface area contributed by atoms with E-state index >= 15 is 0 Å². The second-order valence-corrected chi connectivity index (χ2v) is 12.6. The number of phenolic OH excluding ortho intramolecular Hbond substituents is 1. The number of aromatic hydroxyl groups is 1. The van der Waals surface area contributed by atoms with Crippen LogP contribution < -0.4 is 5.73 Å². The lowest BCUT2D eigenvalue weighted by Gasteiger charge is -2.52. The van der Waals surface area contributed by atoms with Crippen molar-refractivity contribution in [2.75, 3.05) is 21.1 Å². The topological polar surface area (TPSA) is 158 Å². The highest BCUT2D eigenvalue weighted by Crippen LogP contribution is 2.52. The van der Waals surface area contributed by atoms with Crippen molar-refractivity contribution in [1.29, 1.82) is 0 Å². The third-order valence-corrected chi connectivity index (χ3v) is 10.2. The number of likely N-dealkylation sites (N-methyl/N-ethyl adjacent to an activating group) is 1. The van der Waals surface area contributed by atoms with E-state index in [4.69, 9.17) is 17.3 Å². The zero-order chi connectivity index (χ0) is 29.3. The van der Waals surface area contributed by atoms with E-state index in [1.165, 1.54) is 17.4 Å². The Morgan fingerprint density at radius 1 is 1.10 bits per heavy atom. The van der Waals surface area contributed by atoms with E-state index in [9.17, 15) is 34.2 Å². The van der Waals surface area contributed by atoms with Crippen LogP contribution in [0.5, 0.6) is 5.75 Å². The maximum atomic E-state index is 13.9. The van der Waals surface area contributed by atoms with Gasteiger partial charge in [-0.3, -0.25) is 33.8 Å². The van der Waals surface area contributed by atoms with Gasteiger partial charge in [-0.25, -0.2) is 0 Å². The predicted octanol–water partition coefficient (Wildman–Crippen LogP) is 1.28. The van der Waals surface area contributed by atoms with Gasteiger partial charge in [0, 0.05) is 23.5 Å². The first kappa shape index (κ1) is 28.9. The zero-order valence-corrected chi connectivity index (χ0v) is 23.7. The molecule has 11 heteroatoms. The standard InChI is InChI=1S/C29H36ClN3O7/c1-32(2)23-17-10-13-9-16-20(18(34)11-14(22(16)30)12-33(3)15-7-5-4-6-8-15)24(35)19(13)26(37)29(17,40)27(38)21(25(23)36)28(31)39/h11,13,15,17,19,21,23,34,40H,4-10,12H2,1-3H3,(H2,31,39)/t13-,17-,19?,21?,23-,29-/m0/s1. The summed E-state index contributed by atoms with van der Waals surface area (Å²) >= 11 is 6.87. The summed E-state index contributed by atoms with van der Waals surface area (Å²) in [5.41, 5.74) is 3.64. The molecule has 1 amide bonds. The van der Waals surface area contributed by atoms with Crippen LogP contribution in [0.3, 0.4) is 0 Å². The lowest BCUT2D eigenvalue weighted by atomic mass is 9.52. The summed E-state index contributed by atoms with van der Waals surface area (Å²) in [4.78, 5) is 70.0. The molecule has 1 aromatic rings. The number of nitrogens with zero attached hydrogens (tertiary/aromatic N) is 2. The second kappa shape index (κ2) is 10.3. The van der Waals surface area contributed by atoms with Crippen molar-refractivity contribution in [1.82, 2.24) is 9.80 Å². The molecule has 0 aromatic heterocycles. The Kier molecular flexibility index (Phi) is 7.44. The molecule has 2 unspecified atom stereocenters. The molecule has 0 aliphatic heterocycles. The summed E-state index contributed by atoms with van der Waals surface area (Å²) in [5, 5.41) is 23.0. The van der Waals surface area contributed by atoms with Gasteiger partial charge in [0.25, 0.3) is 0 Å². The van der Waals surface area contributed by atoms with E-state index in [0.717, 1.165) is 25.7 Å². The van der Waals surface area contributed by atoms with E-state index in [2.05, 4.69) is 4.90 Å². The highest BCUT2D eigenvalue weighted by atomic mass is 35.5. The number of nitrogens with two attached hydrogens (primary N) is 1. The Morgan fingerprint density at radius 3 is 2.35 bits per heavy atom. The van der Waals surface area contributed by atoms with Crippen molar-refractivity contribution >= 4 is 40.6 Å². The summed E-state index contributed by atoms with van der Waals surface area (Å²) in [5.74, 6) is -10.6. The largest absolute Gasteiger partial charge is 0.507 e. The number of halogens is 1. The zero-order valence-electron chi connectivity index (χ0n) is 23.0. The van der Waals surface area contributed by atoms with Gasteiger partial charge in [0.2, 0.25) is 5.91 Å². The SMILES string of the molecule is CN(Cc1cc(O)c2c(c1Cl)C[C@H]1C[C@H]3[C@H](N(C)C)C(=O)C(C(N)=O)C(=O)[C@@]3(O)C(=O)C1C2=O)C1CCCCC1. The number of hydrogen-bond donors (Lipinski definition) is 3. The summed E-state index contributed by atoms with van der Waals surface area (Å²) in [7, 11) is 5.12. The highest BCUT2D eigenvalue weighted by molar-refractivity contribution is 6.34. The number of fused-ring (bicyclic) bond motifs is 3. The number of amides is 1. The van der Waals surface area contributed by atoms with Gasteiger partial charge >= 0.3 is 0 Å². The minimum Gasteiger partial charge on any atom is -0.507 e. The molecule has 3 saturated carbocycles. The molecule has 0 heterocycles. The fourth-order valence-corrected chi connectivity index (χ4v) is 8.03. The lowest BCUT2D eigenvalue weighted by Crippen LogP contribution is -2.74. The van der Waals surface area contributed by atoms with Gasteiger partial charge in [-0.1, -0.05) is 30.9 Å². The van der Waals surface area contributed by atoms with Crippen LogP contribution in [-0.4, -0.2) is 87.9 Å². The molecule has 4 aliphatic carbocycles. The summed E-state index contributed by atoms with van der Waals surface area (Å²) in [6, 6.07) is 0.719. The Bertz CT molecular complexity index is 1310. The van der Waals surface area contributed by atoms with Crippen molar-refractivity contribution in [3.05, 3.63) is 27.8 Å². The first-order valence-electron chi connectivity index (χ1n) is 13.9. The molecule has 0 spiro atoms. The van der Waals surface area contributed by atoms with Gasteiger partial charge in [0.15, 0.2) is 34.7 Å². The van der Waals surface area contributed by atoms with Gasteiger partial charge in [0.1, 0.15) is 5.75 Å². The average Bonchev–Trinajstić information content (AvgIpc) is 2.89. The van der Waals surface area contributed by atoms with Crippen molar-refractivity contribution in [2.45, 2.75) is 69.2 Å². The number of carbonyl (C=O) groups is 5. The van der Waals surface area contributed by atoms with Crippen molar-refractivity contribution in [3.8, 4) is 5.75 Å². The second-order valence-electron chi connectivity index (χ2n) is 12.2. The molecular weight excluding hydrogens is 538 g/mol. The first-order valence-corrected chi connectivity index (χ1v) is 14.3. The Hall–Kier alpha value is -2.66. The fraction of sp³-hybridized carbons (Fsp3) is 0.621. The number of benzene rings is 1. The molecule has 0 saturated heterocycles. The molecule has 40 heavy (non-hydrogen) atoms. The third kappa shape index (κ3) is 4.22. The molecule has 4 aliphatic rings. The molecule has 1 aromatic carbocycles. The quantitative estimate of drug-likeness (QED) is 0.441. The minimum absolute atomic E-state index is 0.00676. The number of Topliss-reactive ketones (excluding diaryl/α,β-unsaturated/α-hetero) is 4. The first-order chi connectivity index (χ1) is 18.8. The number of carbonyl (C=O) groups excluding carboxylic acids is 5. The number of ketones is 4. The van der Waals surface area contributed by atoms with Gasteiger partial charge in [-0.15, -0.1) is 0 Å².